The van der Waals surface area contributed by atoms with E-state index < -0.39 is 23.5 Å². The van der Waals surface area contributed by atoms with E-state index in [-0.39, 0.29) is 17.8 Å². The minimum Gasteiger partial charge on any atom is -0.365 e. The van der Waals surface area contributed by atoms with Crippen LogP contribution in [0.5, 0.6) is 0 Å². The largest absolute Gasteiger partial charge is 0.416 e. The number of urea groups is 1. The summed E-state index contributed by atoms with van der Waals surface area (Å²) in [5.74, 6) is 0. The minimum absolute atomic E-state index is 0.0675. The Morgan fingerprint density at radius 2 is 1.42 bits per heavy atom. The van der Waals surface area contributed by atoms with Gasteiger partial charge in [0.2, 0.25) is 0 Å². The summed E-state index contributed by atoms with van der Waals surface area (Å²) < 4.78 is 39.9. The van der Waals surface area contributed by atoms with Crippen molar-refractivity contribution in [1.82, 2.24) is 0 Å². The molecule has 1 aliphatic rings. The van der Waals surface area contributed by atoms with Gasteiger partial charge in [-0.25, -0.2) is 4.79 Å². The van der Waals surface area contributed by atoms with E-state index in [9.17, 15) is 23.1 Å². The molecular weight excluding hydrogens is 452 g/mol. The molecule has 1 unspecified atom stereocenters. The van der Waals surface area contributed by atoms with Gasteiger partial charge in [-0.3, -0.25) is 9.80 Å². The number of benzene rings is 3. The molecule has 9 heteroatoms. The molecule has 0 aliphatic carbocycles. The van der Waals surface area contributed by atoms with Crippen LogP contribution >= 0.6 is 23.2 Å². The zero-order valence-corrected chi connectivity index (χ0v) is 17.3. The minimum atomic E-state index is -4.60. The average Bonchev–Trinajstić information content (AvgIpc) is 3.01. The molecule has 0 radical (unpaired) electrons. The zero-order chi connectivity index (χ0) is 22.4. The van der Waals surface area contributed by atoms with Crippen molar-refractivity contribution in [3.05, 3.63) is 94.0 Å². The van der Waals surface area contributed by atoms with Crippen LogP contribution in [-0.2, 0) is 11.9 Å². The number of alkyl halides is 3. The summed E-state index contributed by atoms with van der Waals surface area (Å²) in [5.41, 5.74) is -2.33. The Labute approximate surface area is 186 Å². The normalized spacial score (nSPS) is 19.2. The van der Waals surface area contributed by atoms with Crippen LogP contribution in [0.3, 0.4) is 0 Å². The number of rotatable bonds is 3. The summed E-state index contributed by atoms with van der Waals surface area (Å²) in [6.45, 7) is -0.294. The number of halogens is 5. The lowest BCUT2D eigenvalue weighted by Crippen LogP contribution is -2.45. The lowest BCUT2D eigenvalue weighted by atomic mass is 9.98. The fraction of sp³-hybridized carbons (Fsp3) is 0.136. The van der Waals surface area contributed by atoms with Crippen molar-refractivity contribution >= 4 is 40.6 Å². The summed E-state index contributed by atoms with van der Waals surface area (Å²) in [7, 11) is 0. The van der Waals surface area contributed by atoms with Gasteiger partial charge >= 0.3 is 12.2 Å². The van der Waals surface area contributed by atoms with E-state index in [0.29, 0.717) is 15.7 Å². The Hall–Kier alpha value is -2.74. The van der Waals surface area contributed by atoms with Gasteiger partial charge in [0.1, 0.15) is 0 Å². The third-order valence-corrected chi connectivity index (χ3v) is 5.55. The van der Waals surface area contributed by atoms with Gasteiger partial charge in [-0.05, 0) is 60.7 Å². The van der Waals surface area contributed by atoms with Crippen LogP contribution in [0.25, 0.3) is 0 Å². The molecule has 1 fully saturated rings. The number of amides is 2. The fourth-order valence-electron chi connectivity index (χ4n) is 3.54. The Bertz CT molecular complexity index is 1120. The van der Waals surface area contributed by atoms with E-state index in [1.54, 1.807) is 24.3 Å². The number of hydrogen-bond donors (Lipinski definition) is 1. The molecule has 3 aromatic carbocycles. The molecular formula is C22H15Cl2F3N2O2. The maximum absolute atomic E-state index is 13.4. The average molecular weight is 467 g/mol. The van der Waals surface area contributed by atoms with Gasteiger partial charge < -0.3 is 5.11 Å². The van der Waals surface area contributed by atoms with E-state index in [0.717, 1.165) is 17.0 Å². The molecule has 3 aromatic rings. The molecule has 0 aromatic heterocycles. The van der Waals surface area contributed by atoms with Gasteiger partial charge in [0.05, 0.1) is 12.1 Å². The molecule has 160 valence electrons. The van der Waals surface area contributed by atoms with Crippen molar-refractivity contribution in [3.8, 4) is 0 Å². The summed E-state index contributed by atoms with van der Waals surface area (Å²) in [6.07, 6.45) is -4.60. The highest BCUT2D eigenvalue weighted by molar-refractivity contribution is 6.31. The van der Waals surface area contributed by atoms with E-state index in [4.69, 9.17) is 23.2 Å². The van der Waals surface area contributed by atoms with Gasteiger partial charge in [-0.15, -0.1) is 0 Å². The molecule has 1 aliphatic heterocycles. The monoisotopic (exact) mass is 466 g/mol. The molecule has 0 saturated carbocycles. The highest BCUT2D eigenvalue weighted by atomic mass is 35.5. The lowest BCUT2D eigenvalue weighted by Gasteiger charge is -2.32. The number of anilines is 2. The number of aliphatic hydroxyl groups is 1. The topological polar surface area (TPSA) is 43.8 Å². The SMILES string of the molecule is O=C1N(c2ccc(Cl)cc2)CC(O)(c2cccc(C(F)(F)F)c2)N1c1ccc(Cl)cc1. The molecule has 4 rings (SSSR count). The first-order valence-corrected chi connectivity index (χ1v) is 9.88. The summed E-state index contributed by atoms with van der Waals surface area (Å²) in [5, 5.41) is 12.5. The van der Waals surface area contributed by atoms with Crippen LogP contribution in [0.4, 0.5) is 29.3 Å². The Morgan fingerprint density at radius 3 is 1.97 bits per heavy atom. The highest BCUT2D eigenvalue weighted by Crippen LogP contribution is 2.42. The van der Waals surface area contributed by atoms with Crippen LogP contribution in [0.1, 0.15) is 11.1 Å². The standard InChI is InChI=1S/C22H15Cl2F3N2O2/c23-16-4-8-18(9-5-16)28-13-21(31,14-2-1-3-15(12-14)22(25,26)27)29(20(28)30)19-10-6-17(24)7-11-19/h1-12,31H,13H2. The van der Waals surface area contributed by atoms with Crippen molar-refractivity contribution in [3.63, 3.8) is 0 Å². The lowest BCUT2D eigenvalue weighted by molar-refractivity contribution is -0.137. The highest BCUT2D eigenvalue weighted by Gasteiger charge is 2.51. The third kappa shape index (κ3) is 3.96. The van der Waals surface area contributed by atoms with Gasteiger partial charge in [0.25, 0.3) is 0 Å². The van der Waals surface area contributed by atoms with Crippen LogP contribution in [0.15, 0.2) is 72.8 Å². The van der Waals surface area contributed by atoms with Crippen molar-refractivity contribution < 1.29 is 23.1 Å². The van der Waals surface area contributed by atoms with E-state index >= 15 is 0 Å². The second-order valence-electron chi connectivity index (χ2n) is 7.05. The summed E-state index contributed by atoms with van der Waals surface area (Å²) >= 11 is 11.9. The summed E-state index contributed by atoms with van der Waals surface area (Å²) in [6, 6.07) is 16.2. The van der Waals surface area contributed by atoms with Crippen LogP contribution < -0.4 is 9.80 Å². The molecule has 1 N–H and O–H groups in total. The molecule has 1 heterocycles. The van der Waals surface area contributed by atoms with E-state index in [2.05, 4.69) is 0 Å². The molecule has 2 amide bonds. The third-order valence-electron chi connectivity index (χ3n) is 5.05. The van der Waals surface area contributed by atoms with Crippen LogP contribution in [0, 0.1) is 0 Å². The van der Waals surface area contributed by atoms with Crippen LogP contribution in [0.2, 0.25) is 10.0 Å². The number of carbonyl (C=O) groups excluding carboxylic acids is 1. The zero-order valence-electron chi connectivity index (χ0n) is 15.8. The number of hydrogen-bond acceptors (Lipinski definition) is 2. The van der Waals surface area contributed by atoms with E-state index in [1.807, 2.05) is 0 Å². The van der Waals surface area contributed by atoms with Crippen LogP contribution in [-0.4, -0.2) is 17.7 Å². The van der Waals surface area contributed by atoms with Gasteiger partial charge in [0.15, 0.2) is 5.72 Å². The Balaban J connectivity index is 1.85. The van der Waals surface area contributed by atoms with Gasteiger partial charge in [0, 0.05) is 27.0 Å². The molecule has 31 heavy (non-hydrogen) atoms. The quantitative estimate of drug-likeness (QED) is 0.491. The van der Waals surface area contributed by atoms with Gasteiger partial charge in [-0.1, -0.05) is 35.3 Å². The molecule has 0 spiro atoms. The summed E-state index contributed by atoms with van der Waals surface area (Å²) in [4.78, 5) is 15.7. The number of nitrogens with zero attached hydrogens (tertiary/aromatic N) is 2. The van der Waals surface area contributed by atoms with Crippen molar-refractivity contribution in [2.45, 2.75) is 11.9 Å². The second kappa shape index (κ2) is 7.75. The first kappa shape index (κ1) is 21.5. The maximum Gasteiger partial charge on any atom is 0.416 e. The first-order chi connectivity index (χ1) is 14.6. The van der Waals surface area contributed by atoms with Crippen molar-refractivity contribution in [2.75, 3.05) is 16.3 Å². The maximum atomic E-state index is 13.4. The molecule has 1 atom stereocenters. The first-order valence-electron chi connectivity index (χ1n) is 9.12. The number of β-amino-alcohol motifs (C(OH)–C–C–N with tert-alkyl or cyclic N) is 1. The van der Waals surface area contributed by atoms with Crippen molar-refractivity contribution in [1.29, 1.82) is 0 Å². The predicted molar refractivity (Wildman–Crippen MR) is 113 cm³/mol. The van der Waals surface area contributed by atoms with Gasteiger partial charge in [-0.2, -0.15) is 13.2 Å². The second-order valence-corrected chi connectivity index (χ2v) is 7.93. The van der Waals surface area contributed by atoms with E-state index in [1.165, 1.54) is 41.3 Å². The molecule has 1 saturated heterocycles. The molecule has 0 bridgehead atoms. The predicted octanol–water partition coefficient (Wildman–Crippen LogP) is 6.30. The molecule has 4 nitrogen and oxygen atoms in total. The smallest absolute Gasteiger partial charge is 0.365 e. The Morgan fingerprint density at radius 1 is 0.871 bits per heavy atom. The fourth-order valence-corrected chi connectivity index (χ4v) is 3.79. The Kier molecular flexibility index (Phi) is 5.37. The van der Waals surface area contributed by atoms with Crippen molar-refractivity contribution in [2.24, 2.45) is 0 Å². The number of carbonyl (C=O) groups is 1.